The van der Waals surface area contributed by atoms with Gasteiger partial charge in [0.25, 0.3) is 0 Å². The quantitative estimate of drug-likeness (QED) is 0.585. The van der Waals surface area contributed by atoms with E-state index in [1.165, 1.54) is 28.6 Å². The molecule has 10 nitrogen and oxygen atoms in total. The van der Waals surface area contributed by atoms with Crippen LogP contribution in [0.25, 0.3) is 0 Å². The molecule has 0 saturated carbocycles. The van der Waals surface area contributed by atoms with Crippen molar-refractivity contribution in [1.82, 2.24) is 14.6 Å². The molecular formula is C14H21N4O6PS. The summed E-state index contributed by atoms with van der Waals surface area (Å²) in [5.74, 6) is -0.0442. The zero-order chi connectivity index (χ0) is 19.1. The lowest BCUT2D eigenvalue weighted by Gasteiger charge is -2.33. The van der Waals surface area contributed by atoms with E-state index >= 15 is 0 Å². The maximum Gasteiger partial charge on any atom is 0.406 e. The highest BCUT2D eigenvalue weighted by Crippen LogP contribution is 2.56. The molecule has 0 bridgehead atoms. The van der Waals surface area contributed by atoms with Crippen molar-refractivity contribution in [2.24, 2.45) is 0 Å². The van der Waals surface area contributed by atoms with Crippen LogP contribution in [0.15, 0.2) is 17.1 Å². The molecule has 0 radical (unpaired) electrons. The van der Waals surface area contributed by atoms with Gasteiger partial charge in [0.15, 0.2) is 0 Å². The van der Waals surface area contributed by atoms with Crippen LogP contribution in [0, 0.1) is 0 Å². The molecule has 0 aromatic carbocycles. The summed E-state index contributed by atoms with van der Waals surface area (Å²) in [5, 5.41) is 12.2. The maximum atomic E-state index is 12.8. The number of aliphatic hydroxyl groups is 1. The molecule has 2 aliphatic rings. The summed E-state index contributed by atoms with van der Waals surface area (Å²) < 4.78 is 24.9. The Morgan fingerprint density at radius 3 is 3.04 bits per heavy atom. The van der Waals surface area contributed by atoms with E-state index in [9.17, 15) is 19.3 Å². The number of nitrogen functional groups attached to an aromatic ring is 1. The van der Waals surface area contributed by atoms with Crippen LogP contribution in [0.1, 0.15) is 25.6 Å². The first-order chi connectivity index (χ1) is 12.2. The van der Waals surface area contributed by atoms with Crippen LogP contribution in [0.3, 0.4) is 0 Å². The zero-order valence-corrected chi connectivity index (χ0v) is 16.0. The molecule has 12 heteroatoms. The van der Waals surface area contributed by atoms with Crippen molar-refractivity contribution in [3.8, 4) is 0 Å². The van der Waals surface area contributed by atoms with Gasteiger partial charge in [-0.25, -0.2) is 14.4 Å². The SMILES string of the molecule is CCC(=O)[C@H](C)NP1(=O)OC[C@H]2S[C@@H](n3ccc(N)nc3=O)[C@@H](O)[C@@H]2O1. The number of anilines is 1. The van der Waals surface area contributed by atoms with Crippen LogP contribution in [-0.2, 0) is 18.4 Å². The Bertz CT molecular complexity index is 804. The van der Waals surface area contributed by atoms with Gasteiger partial charge in [-0.3, -0.25) is 18.4 Å². The number of nitrogens with zero attached hydrogens (tertiary/aromatic N) is 2. The van der Waals surface area contributed by atoms with Gasteiger partial charge in [-0.2, -0.15) is 4.98 Å². The van der Waals surface area contributed by atoms with Gasteiger partial charge < -0.3 is 10.8 Å². The number of carbonyl (C=O) groups excluding carboxylic acids is 1. The number of ketones is 1. The second-order valence-electron chi connectivity index (χ2n) is 6.13. The molecule has 6 atom stereocenters. The summed E-state index contributed by atoms with van der Waals surface area (Å²) in [6.07, 6.45) is -0.188. The predicted molar refractivity (Wildman–Crippen MR) is 95.7 cm³/mol. The van der Waals surface area contributed by atoms with Gasteiger partial charge in [-0.05, 0) is 13.0 Å². The number of hydrogen-bond donors (Lipinski definition) is 3. The summed E-state index contributed by atoms with van der Waals surface area (Å²) in [6.45, 7) is 3.33. The van der Waals surface area contributed by atoms with Gasteiger partial charge in [-0.15, -0.1) is 11.8 Å². The monoisotopic (exact) mass is 404 g/mol. The first-order valence-electron chi connectivity index (χ1n) is 8.16. The molecule has 26 heavy (non-hydrogen) atoms. The zero-order valence-electron chi connectivity index (χ0n) is 14.3. The predicted octanol–water partition coefficient (Wildman–Crippen LogP) is 0.281. The Morgan fingerprint density at radius 2 is 2.38 bits per heavy atom. The normalized spacial score (nSPS) is 35.0. The van der Waals surface area contributed by atoms with E-state index in [0.29, 0.717) is 0 Å². The van der Waals surface area contributed by atoms with Gasteiger partial charge in [0.1, 0.15) is 29.2 Å². The third-order valence-electron chi connectivity index (χ3n) is 4.29. The molecule has 1 unspecified atom stereocenters. The number of rotatable bonds is 5. The third-order valence-corrected chi connectivity index (χ3v) is 7.54. The number of Topliss-reactive ketones (excluding diaryl/α,β-unsaturated/α-hetero) is 1. The van der Waals surface area contributed by atoms with E-state index < -0.39 is 37.1 Å². The molecule has 1 aromatic rings. The number of aromatic nitrogens is 2. The molecule has 2 aliphatic heterocycles. The van der Waals surface area contributed by atoms with E-state index in [1.54, 1.807) is 13.8 Å². The summed E-state index contributed by atoms with van der Waals surface area (Å²) in [4.78, 5) is 27.4. The van der Waals surface area contributed by atoms with Crippen LogP contribution in [0.2, 0.25) is 0 Å². The maximum absolute atomic E-state index is 12.8. The lowest BCUT2D eigenvalue weighted by molar-refractivity contribution is -0.120. The van der Waals surface area contributed by atoms with E-state index in [0.717, 1.165) is 0 Å². The lowest BCUT2D eigenvalue weighted by Crippen LogP contribution is -2.43. The molecule has 0 amide bonds. The van der Waals surface area contributed by atoms with Crippen LogP contribution in [-0.4, -0.2) is 50.5 Å². The van der Waals surface area contributed by atoms with Crippen molar-refractivity contribution < 1.29 is 23.5 Å². The second kappa shape index (κ2) is 7.41. The highest BCUT2D eigenvalue weighted by molar-refractivity contribution is 8.00. The van der Waals surface area contributed by atoms with Crippen molar-refractivity contribution in [2.45, 2.75) is 49.1 Å². The Morgan fingerprint density at radius 1 is 1.65 bits per heavy atom. The largest absolute Gasteiger partial charge is 0.406 e. The van der Waals surface area contributed by atoms with Gasteiger partial charge in [0.2, 0.25) is 0 Å². The van der Waals surface area contributed by atoms with Gasteiger partial charge in [0.05, 0.1) is 17.9 Å². The Balaban J connectivity index is 1.76. The smallest absolute Gasteiger partial charge is 0.387 e. The van der Waals surface area contributed by atoms with Crippen LogP contribution in [0.4, 0.5) is 5.82 Å². The lowest BCUT2D eigenvalue weighted by atomic mass is 10.1. The number of nitrogens with one attached hydrogen (secondary N) is 1. The summed E-state index contributed by atoms with van der Waals surface area (Å²) >= 11 is 1.27. The molecule has 2 saturated heterocycles. The fourth-order valence-electron chi connectivity index (χ4n) is 2.88. The number of nitrogens with two attached hydrogens (primary N) is 1. The van der Waals surface area contributed by atoms with E-state index in [1.807, 2.05) is 0 Å². The molecule has 3 rings (SSSR count). The minimum Gasteiger partial charge on any atom is -0.387 e. The molecule has 0 spiro atoms. The van der Waals surface area contributed by atoms with Crippen molar-refractivity contribution in [3.63, 3.8) is 0 Å². The first kappa shape index (κ1) is 19.5. The summed E-state index contributed by atoms with van der Waals surface area (Å²) in [6, 6.07) is 0.756. The van der Waals surface area contributed by atoms with Crippen LogP contribution in [0.5, 0.6) is 0 Å². The Labute approximate surface area is 154 Å². The Hall–Kier alpha value is -1.23. The fourth-order valence-corrected chi connectivity index (χ4v) is 6.31. The number of fused-ring (bicyclic) bond motifs is 1. The van der Waals surface area contributed by atoms with Crippen LogP contribution < -0.4 is 16.5 Å². The highest BCUT2D eigenvalue weighted by Gasteiger charge is 2.52. The van der Waals surface area contributed by atoms with Crippen molar-refractivity contribution in [2.75, 3.05) is 12.3 Å². The minimum absolute atomic E-state index is 0.0529. The topological polar surface area (TPSA) is 146 Å². The standard InChI is InChI=1S/C14H21N4O6PS/c1-3-8(19)7(2)17-25(22)23-6-9-12(24-25)11(20)13(26-9)18-5-4-10(15)16-14(18)21/h4-5,7,9,11-13,20H,3,6H2,1-2H3,(H,17,22)(H2,15,16,21)/t7-,9+,11-,12+,13+,25?/m0/s1. The van der Waals surface area contributed by atoms with Crippen molar-refractivity contribution in [1.29, 1.82) is 0 Å². The van der Waals surface area contributed by atoms with E-state index in [-0.39, 0.29) is 29.9 Å². The minimum atomic E-state index is -3.75. The molecule has 0 aliphatic carbocycles. The van der Waals surface area contributed by atoms with Gasteiger partial charge in [-0.1, -0.05) is 6.92 Å². The molecule has 2 fully saturated rings. The number of thioether (sulfide) groups is 1. The van der Waals surface area contributed by atoms with Crippen molar-refractivity contribution >= 4 is 31.1 Å². The van der Waals surface area contributed by atoms with Gasteiger partial charge >= 0.3 is 13.4 Å². The number of aliphatic hydroxyl groups excluding tert-OH is 1. The highest BCUT2D eigenvalue weighted by atomic mass is 32.2. The second-order valence-corrected chi connectivity index (χ2v) is 9.21. The fraction of sp³-hybridized carbons (Fsp3) is 0.643. The molecule has 4 N–H and O–H groups in total. The number of hydrogen-bond acceptors (Lipinski definition) is 9. The average Bonchev–Trinajstić information content (AvgIpc) is 2.90. The summed E-state index contributed by atoms with van der Waals surface area (Å²) in [7, 11) is -3.75. The summed E-state index contributed by atoms with van der Waals surface area (Å²) in [5.41, 5.74) is 4.89. The van der Waals surface area contributed by atoms with Crippen molar-refractivity contribution in [3.05, 3.63) is 22.7 Å². The van der Waals surface area contributed by atoms with Gasteiger partial charge in [0, 0.05) is 12.6 Å². The molecule has 144 valence electrons. The third kappa shape index (κ3) is 3.73. The van der Waals surface area contributed by atoms with Crippen LogP contribution >= 0.6 is 19.5 Å². The Kier molecular flexibility index (Phi) is 5.57. The van der Waals surface area contributed by atoms with E-state index in [4.69, 9.17) is 14.8 Å². The molecular weight excluding hydrogens is 383 g/mol. The average molecular weight is 404 g/mol. The first-order valence-corrected chi connectivity index (χ1v) is 10.6. The molecule has 1 aromatic heterocycles. The van der Waals surface area contributed by atoms with E-state index in [2.05, 4.69) is 10.1 Å². The number of carbonyl (C=O) groups is 1. The molecule has 3 heterocycles.